The molecule has 12 heavy (non-hydrogen) atoms. The molecule has 1 rings (SSSR count). The Bertz CT molecular complexity index is 379. The molecule has 0 bridgehead atoms. The van der Waals surface area contributed by atoms with Gasteiger partial charge in [-0.1, -0.05) is 11.6 Å². The monoisotopic (exact) mass is 198 g/mol. The molecule has 0 fully saturated rings. The third-order valence-corrected chi connectivity index (χ3v) is 2.67. The van der Waals surface area contributed by atoms with Gasteiger partial charge in [-0.2, -0.15) is 5.26 Å². The number of halogens is 1. The van der Waals surface area contributed by atoms with Crippen molar-refractivity contribution in [1.29, 1.82) is 5.26 Å². The van der Waals surface area contributed by atoms with Crippen molar-refractivity contribution < 1.29 is 4.79 Å². The van der Waals surface area contributed by atoms with Crippen LogP contribution in [0.4, 0.5) is 5.00 Å². The molecule has 59 valence electrons. The Kier molecular flexibility index (Phi) is 2.53. The Labute approximate surface area is 76.9 Å². The molecule has 0 saturated carbocycles. The Hall–Kier alpha value is -1.25. The smallest absolute Gasteiger partial charge is 0.161 e. The van der Waals surface area contributed by atoms with Crippen LogP contribution in [0.3, 0.4) is 0 Å². The summed E-state index contributed by atoms with van der Waals surface area (Å²) in [6.45, 7) is 0. The summed E-state index contributed by atoms with van der Waals surface area (Å²) in [4.78, 5) is 10.5. The SMILES string of the molecule is [N]=Nc1sc(C=O)c(Cl)c1C#N. The first-order valence-corrected chi connectivity index (χ1v) is 3.96. The van der Waals surface area contributed by atoms with E-state index in [0.29, 0.717) is 6.29 Å². The topological polar surface area (TPSA) is 75.5 Å². The summed E-state index contributed by atoms with van der Waals surface area (Å²) in [6.07, 6.45) is 0.516. The van der Waals surface area contributed by atoms with E-state index >= 15 is 0 Å². The first-order chi connectivity index (χ1) is 5.74. The molecule has 0 aromatic carbocycles. The van der Waals surface area contributed by atoms with Crippen molar-refractivity contribution in [3.63, 3.8) is 0 Å². The van der Waals surface area contributed by atoms with E-state index < -0.39 is 0 Å². The second-order valence-electron chi connectivity index (χ2n) is 1.79. The van der Waals surface area contributed by atoms with Crippen molar-refractivity contribution >= 4 is 34.2 Å². The molecule has 1 radical (unpaired) electrons. The van der Waals surface area contributed by atoms with E-state index in [1.165, 1.54) is 0 Å². The molecule has 6 heteroatoms. The zero-order chi connectivity index (χ0) is 9.14. The standard InChI is InChI=1S/C6HClN3OS/c7-5-3(1-8)6(10-9)12-4(5)2-11/h2H. The van der Waals surface area contributed by atoms with E-state index in [0.717, 1.165) is 11.3 Å². The minimum absolute atomic E-state index is 0.0336. The highest BCUT2D eigenvalue weighted by Gasteiger charge is 2.15. The summed E-state index contributed by atoms with van der Waals surface area (Å²) in [6, 6.07) is 1.74. The summed E-state index contributed by atoms with van der Waals surface area (Å²) in [7, 11) is 0. The zero-order valence-electron chi connectivity index (χ0n) is 5.61. The fourth-order valence-corrected chi connectivity index (χ4v) is 1.75. The molecule has 0 aliphatic rings. The average molecular weight is 199 g/mol. The lowest BCUT2D eigenvalue weighted by Crippen LogP contribution is -1.73. The number of thiophene rings is 1. The van der Waals surface area contributed by atoms with Crippen molar-refractivity contribution in [3.05, 3.63) is 15.5 Å². The Morgan fingerprint density at radius 1 is 1.67 bits per heavy atom. The maximum atomic E-state index is 10.3. The van der Waals surface area contributed by atoms with Gasteiger partial charge in [0.2, 0.25) is 0 Å². The van der Waals surface area contributed by atoms with Gasteiger partial charge in [-0.25, -0.2) is 0 Å². The Balaban J connectivity index is 3.44. The largest absolute Gasteiger partial charge is 0.297 e. The van der Waals surface area contributed by atoms with E-state index in [2.05, 4.69) is 5.11 Å². The second kappa shape index (κ2) is 3.43. The molecular weight excluding hydrogens is 198 g/mol. The fourth-order valence-electron chi connectivity index (χ4n) is 0.660. The van der Waals surface area contributed by atoms with Crippen LogP contribution in [0.2, 0.25) is 5.02 Å². The number of rotatable bonds is 2. The molecule has 1 aromatic rings. The van der Waals surface area contributed by atoms with Crippen LogP contribution in [0.15, 0.2) is 5.11 Å². The number of carbonyl (C=O) groups is 1. The van der Waals surface area contributed by atoms with E-state index in [-0.39, 0.29) is 20.5 Å². The molecule has 0 saturated heterocycles. The predicted molar refractivity (Wildman–Crippen MR) is 43.7 cm³/mol. The molecule has 0 aliphatic heterocycles. The van der Waals surface area contributed by atoms with Crippen LogP contribution in [0.1, 0.15) is 15.2 Å². The molecule has 0 amide bonds. The van der Waals surface area contributed by atoms with Crippen LogP contribution in [0.5, 0.6) is 0 Å². The minimum atomic E-state index is 0.0336. The Morgan fingerprint density at radius 2 is 2.33 bits per heavy atom. The lowest BCUT2D eigenvalue weighted by atomic mass is 10.3. The van der Waals surface area contributed by atoms with Crippen molar-refractivity contribution in [1.82, 2.24) is 5.53 Å². The number of hydrogen-bond acceptors (Lipinski definition) is 4. The summed E-state index contributed by atoms with van der Waals surface area (Å²) >= 11 is 6.47. The summed E-state index contributed by atoms with van der Waals surface area (Å²) in [5.41, 5.74) is 8.43. The molecule has 4 nitrogen and oxygen atoms in total. The highest BCUT2D eigenvalue weighted by Crippen LogP contribution is 2.36. The van der Waals surface area contributed by atoms with Gasteiger partial charge in [0.15, 0.2) is 11.3 Å². The maximum absolute atomic E-state index is 10.3. The molecule has 0 atom stereocenters. The Morgan fingerprint density at radius 3 is 2.67 bits per heavy atom. The van der Waals surface area contributed by atoms with E-state index in [1.54, 1.807) is 6.07 Å². The van der Waals surface area contributed by atoms with Gasteiger partial charge in [-0.15, -0.1) is 16.5 Å². The second-order valence-corrected chi connectivity index (χ2v) is 3.20. The highest BCUT2D eigenvalue weighted by atomic mass is 35.5. The number of hydrogen-bond donors (Lipinski definition) is 0. The van der Waals surface area contributed by atoms with Gasteiger partial charge in [0, 0.05) is 0 Å². The molecule has 0 spiro atoms. The molecule has 0 aliphatic carbocycles. The van der Waals surface area contributed by atoms with Crippen LogP contribution in [0, 0.1) is 11.3 Å². The van der Waals surface area contributed by atoms with Gasteiger partial charge in [-0.3, -0.25) is 4.79 Å². The number of carbonyl (C=O) groups excluding carboxylic acids is 1. The number of nitrogens with zero attached hydrogens (tertiary/aromatic N) is 3. The first kappa shape index (κ1) is 8.84. The third-order valence-electron chi connectivity index (χ3n) is 1.17. The normalized spacial score (nSPS) is 9.00. The van der Waals surface area contributed by atoms with E-state index in [1.807, 2.05) is 0 Å². The summed E-state index contributed by atoms with van der Waals surface area (Å²) in [5, 5.41) is 11.5. The lowest BCUT2D eigenvalue weighted by Gasteiger charge is -1.82. The number of aldehydes is 1. The van der Waals surface area contributed by atoms with Crippen molar-refractivity contribution in [2.24, 2.45) is 5.11 Å². The molecule has 1 heterocycles. The molecule has 1 aromatic heterocycles. The van der Waals surface area contributed by atoms with Crippen LogP contribution in [0.25, 0.3) is 0 Å². The van der Waals surface area contributed by atoms with E-state index in [9.17, 15) is 4.79 Å². The average Bonchev–Trinajstić information content (AvgIpc) is 2.41. The quantitative estimate of drug-likeness (QED) is 0.538. The van der Waals surface area contributed by atoms with Crippen LogP contribution >= 0.6 is 22.9 Å². The predicted octanol–water partition coefficient (Wildman–Crippen LogP) is 1.97. The van der Waals surface area contributed by atoms with Crippen molar-refractivity contribution in [3.8, 4) is 6.07 Å². The van der Waals surface area contributed by atoms with Gasteiger partial charge < -0.3 is 0 Å². The van der Waals surface area contributed by atoms with Gasteiger partial charge >= 0.3 is 0 Å². The van der Waals surface area contributed by atoms with E-state index in [4.69, 9.17) is 22.4 Å². The van der Waals surface area contributed by atoms with Crippen LogP contribution < -0.4 is 5.53 Å². The molecule has 0 N–H and O–H groups in total. The van der Waals surface area contributed by atoms with Crippen LogP contribution in [-0.2, 0) is 0 Å². The number of nitriles is 1. The molecular formula is C6HClN3OS. The zero-order valence-corrected chi connectivity index (χ0v) is 7.19. The lowest BCUT2D eigenvalue weighted by molar-refractivity contribution is 0.112. The third kappa shape index (κ3) is 1.22. The van der Waals surface area contributed by atoms with Gasteiger partial charge in [0.05, 0.1) is 9.90 Å². The first-order valence-electron chi connectivity index (χ1n) is 2.77. The van der Waals surface area contributed by atoms with Gasteiger partial charge in [0.1, 0.15) is 11.6 Å². The van der Waals surface area contributed by atoms with Gasteiger partial charge in [0.25, 0.3) is 0 Å². The summed E-state index contributed by atoms with van der Waals surface area (Å²) < 4.78 is 0. The van der Waals surface area contributed by atoms with Crippen LogP contribution in [-0.4, -0.2) is 6.29 Å². The fraction of sp³-hybridized carbons (Fsp3) is 0. The minimum Gasteiger partial charge on any atom is -0.297 e. The summed E-state index contributed by atoms with van der Waals surface area (Å²) in [5.74, 6) is 0. The van der Waals surface area contributed by atoms with Crippen molar-refractivity contribution in [2.75, 3.05) is 0 Å². The maximum Gasteiger partial charge on any atom is 0.161 e. The van der Waals surface area contributed by atoms with Gasteiger partial charge in [-0.05, 0) is 5.53 Å². The van der Waals surface area contributed by atoms with Crippen molar-refractivity contribution in [2.45, 2.75) is 0 Å². The highest BCUT2D eigenvalue weighted by molar-refractivity contribution is 7.18. The molecule has 0 unspecified atom stereocenters.